The van der Waals surface area contributed by atoms with Crippen molar-refractivity contribution in [2.24, 2.45) is 10.8 Å². The van der Waals surface area contributed by atoms with E-state index in [2.05, 4.69) is 34.6 Å². The monoisotopic (exact) mass is 377 g/mol. The number of phenols is 1. The number of phenolic OH excluding ortho intramolecular Hbond substituents is 1. The summed E-state index contributed by atoms with van der Waals surface area (Å²) in [6, 6.07) is 8.71. The van der Waals surface area contributed by atoms with Gasteiger partial charge in [-0.3, -0.25) is 0 Å². The molecule has 0 aliphatic heterocycles. The van der Waals surface area contributed by atoms with Gasteiger partial charge in [0.15, 0.2) is 0 Å². The number of aromatic hydroxyl groups is 1. The van der Waals surface area contributed by atoms with E-state index in [0.717, 1.165) is 6.61 Å². The van der Waals surface area contributed by atoms with Gasteiger partial charge in [-0.25, -0.2) is 0 Å². The van der Waals surface area contributed by atoms with Crippen LogP contribution in [0.15, 0.2) is 30.3 Å². The summed E-state index contributed by atoms with van der Waals surface area (Å²) in [6.07, 6.45) is 3.76. The maximum absolute atomic E-state index is 8.63. The smallest absolute Gasteiger partial charge is 0.115 e. The van der Waals surface area contributed by atoms with Crippen molar-refractivity contribution in [1.29, 1.82) is 0 Å². The van der Waals surface area contributed by atoms with E-state index in [1.165, 1.54) is 19.3 Å². The predicted octanol–water partition coefficient (Wildman–Crippen LogP) is 6.93. The van der Waals surface area contributed by atoms with Crippen molar-refractivity contribution in [3.05, 3.63) is 30.3 Å². The van der Waals surface area contributed by atoms with Crippen LogP contribution in [0, 0.1) is 10.8 Å². The molecule has 3 heteroatoms. The van der Waals surface area contributed by atoms with Crippen molar-refractivity contribution in [2.75, 3.05) is 13.7 Å². The van der Waals surface area contributed by atoms with Gasteiger partial charge in [0, 0.05) is 32.3 Å². The molecule has 0 atom stereocenters. The molecule has 0 heterocycles. The van der Waals surface area contributed by atoms with Crippen LogP contribution in [0.25, 0.3) is 0 Å². The Kier molecular flexibility index (Phi) is 22.7. The second-order valence-electron chi connectivity index (χ2n) is 6.92. The first kappa shape index (κ1) is 31.3. The van der Waals surface area contributed by atoms with E-state index in [1.54, 1.807) is 31.4 Å². The Morgan fingerprint density at radius 2 is 1.38 bits per heavy atom. The van der Waals surface area contributed by atoms with Crippen molar-refractivity contribution < 1.29 is 28.4 Å². The Balaban J connectivity index is -0.000000155. The van der Waals surface area contributed by atoms with Gasteiger partial charge in [0.05, 0.1) is 0 Å². The van der Waals surface area contributed by atoms with E-state index < -0.39 is 0 Å². The molecule has 1 radical (unpaired) electrons. The fourth-order valence-corrected chi connectivity index (χ4v) is 1.62. The number of benzene rings is 1. The fourth-order valence-electron chi connectivity index (χ4n) is 1.62. The molecule has 0 saturated heterocycles. The number of hydrogen-bond donors (Lipinski definition) is 1. The molecule has 0 unspecified atom stereocenters. The van der Waals surface area contributed by atoms with E-state index >= 15 is 0 Å². The van der Waals surface area contributed by atoms with Crippen molar-refractivity contribution in [2.45, 2.75) is 75.2 Å². The Hall–Kier alpha value is -0.436. The summed E-state index contributed by atoms with van der Waals surface area (Å²) < 4.78 is 5.04. The second-order valence-corrected chi connectivity index (χ2v) is 6.92. The molecule has 0 aliphatic rings. The van der Waals surface area contributed by atoms with Crippen LogP contribution in [0.3, 0.4) is 0 Å². The summed E-state index contributed by atoms with van der Waals surface area (Å²) in [4.78, 5) is 0. The molecular weight excluding hydrogens is 335 g/mol. The average Bonchev–Trinajstić information content (AvgIpc) is 2.46. The van der Waals surface area contributed by atoms with Crippen LogP contribution in [0.4, 0.5) is 0 Å². The summed E-state index contributed by atoms with van der Waals surface area (Å²) >= 11 is 0. The second kappa shape index (κ2) is 17.4. The van der Waals surface area contributed by atoms with Gasteiger partial charge in [0.1, 0.15) is 5.75 Å². The maximum Gasteiger partial charge on any atom is 0.115 e. The molecule has 0 bridgehead atoms. The Morgan fingerprint density at radius 1 is 0.917 bits per heavy atom. The maximum atomic E-state index is 8.63. The van der Waals surface area contributed by atoms with E-state index in [1.807, 2.05) is 19.9 Å². The molecule has 1 rings (SSSR count). The van der Waals surface area contributed by atoms with Crippen molar-refractivity contribution in [3.8, 4) is 5.75 Å². The molecule has 1 N–H and O–H groups in total. The molecule has 1 aromatic rings. The van der Waals surface area contributed by atoms with Crippen LogP contribution in [0.5, 0.6) is 5.75 Å². The van der Waals surface area contributed by atoms with E-state index in [9.17, 15) is 0 Å². The predicted molar refractivity (Wildman–Crippen MR) is 105 cm³/mol. The summed E-state index contributed by atoms with van der Waals surface area (Å²) in [5.74, 6) is 0.322. The van der Waals surface area contributed by atoms with Crippen LogP contribution in [0.1, 0.15) is 75.2 Å². The van der Waals surface area contributed by atoms with Crippen molar-refractivity contribution in [1.82, 2.24) is 0 Å². The summed E-state index contributed by atoms with van der Waals surface area (Å²) in [5.41, 5.74) is 0.834. The van der Waals surface area contributed by atoms with E-state index in [4.69, 9.17) is 9.84 Å². The molecule has 1 aromatic carbocycles. The minimum atomic E-state index is 0. The van der Waals surface area contributed by atoms with Crippen LogP contribution in [-0.2, 0) is 23.3 Å². The quantitative estimate of drug-likeness (QED) is 0.564. The third-order valence-corrected chi connectivity index (χ3v) is 4.19. The topological polar surface area (TPSA) is 29.5 Å². The normalized spacial score (nSPS) is 10.0. The van der Waals surface area contributed by atoms with Gasteiger partial charge in [0.2, 0.25) is 0 Å². The first-order chi connectivity index (χ1) is 10.2. The number of hydrogen-bond acceptors (Lipinski definition) is 2. The van der Waals surface area contributed by atoms with Gasteiger partial charge in [-0.05, 0) is 35.8 Å². The average molecular weight is 378 g/mol. The van der Waals surface area contributed by atoms with Crippen LogP contribution in [-0.4, -0.2) is 18.8 Å². The minimum Gasteiger partial charge on any atom is -0.508 e. The standard InChI is InChI=1S/C12H26O.C6H6O.C2H6.CH4.V/c1-11(2,3)12(4,5)9-7-8-10-13-6;7-6-4-2-1-3-5-6;1-2;;/h7-10H2,1-6H3;1-5,7H;1-2H3;1H4;. The van der Waals surface area contributed by atoms with Gasteiger partial charge >= 0.3 is 0 Å². The molecule has 0 saturated carbocycles. The molecule has 0 spiro atoms. The van der Waals surface area contributed by atoms with Crippen LogP contribution >= 0.6 is 0 Å². The Morgan fingerprint density at radius 3 is 1.67 bits per heavy atom. The molecule has 0 aromatic heterocycles. The minimum absolute atomic E-state index is 0. The van der Waals surface area contributed by atoms with E-state index in [0.29, 0.717) is 16.6 Å². The van der Waals surface area contributed by atoms with Gasteiger partial charge in [-0.1, -0.05) is 80.5 Å². The number of unbranched alkanes of at least 4 members (excludes halogenated alkanes) is 1. The fraction of sp³-hybridized carbons (Fsp3) is 0.714. The summed E-state index contributed by atoms with van der Waals surface area (Å²) in [6.45, 7) is 16.6. The van der Waals surface area contributed by atoms with Crippen LogP contribution in [0.2, 0.25) is 0 Å². The van der Waals surface area contributed by atoms with E-state index in [-0.39, 0.29) is 26.0 Å². The Labute approximate surface area is 164 Å². The SMILES string of the molecule is C.CC.COCCCCC(C)(C)C(C)(C)C.Oc1ccccc1.[V]. The van der Waals surface area contributed by atoms with Crippen molar-refractivity contribution in [3.63, 3.8) is 0 Å². The van der Waals surface area contributed by atoms with Gasteiger partial charge in [-0.15, -0.1) is 0 Å². The molecule has 0 fully saturated rings. The first-order valence-corrected chi connectivity index (χ1v) is 8.43. The first-order valence-electron chi connectivity index (χ1n) is 8.43. The summed E-state index contributed by atoms with van der Waals surface area (Å²) in [7, 11) is 1.77. The zero-order valence-corrected chi connectivity index (χ0v) is 17.9. The number of ether oxygens (including phenoxy) is 1. The third-order valence-electron chi connectivity index (χ3n) is 4.19. The molecule has 0 aliphatic carbocycles. The van der Waals surface area contributed by atoms with Crippen LogP contribution < -0.4 is 0 Å². The molecule has 143 valence electrons. The third kappa shape index (κ3) is 16.4. The summed E-state index contributed by atoms with van der Waals surface area (Å²) in [5, 5.41) is 8.63. The van der Waals surface area contributed by atoms with Gasteiger partial charge < -0.3 is 9.84 Å². The zero-order valence-electron chi connectivity index (χ0n) is 16.5. The van der Waals surface area contributed by atoms with Crippen molar-refractivity contribution >= 4 is 0 Å². The number of methoxy groups -OCH3 is 1. The Bertz CT molecular complexity index is 343. The van der Waals surface area contributed by atoms with Gasteiger partial charge in [-0.2, -0.15) is 0 Å². The number of rotatable bonds is 5. The zero-order chi connectivity index (χ0) is 17.6. The molecule has 2 nitrogen and oxygen atoms in total. The molecular formula is C21H42O2V. The molecule has 0 amide bonds. The number of para-hydroxylation sites is 1. The molecule has 24 heavy (non-hydrogen) atoms. The van der Waals surface area contributed by atoms with Gasteiger partial charge in [0.25, 0.3) is 0 Å². The largest absolute Gasteiger partial charge is 0.508 e.